The first-order valence-corrected chi connectivity index (χ1v) is 5.29. The molecular formula is C10H17NO3. The van der Waals surface area contributed by atoms with Crippen molar-refractivity contribution < 1.29 is 14.6 Å². The van der Waals surface area contributed by atoms with Gasteiger partial charge in [0.05, 0.1) is 6.61 Å². The molecule has 1 aliphatic carbocycles. The maximum absolute atomic E-state index is 11.0. The van der Waals surface area contributed by atoms with Crippen LogP contribution in [-0.4, -0.2) is 36.4 Å². The first kappa shape index (κ1) is 9.93. The van der Waals surface area contributed by atoms with Gasteiger partial charge in [-0.05, 0) is 31.6 Å². The van der Waals surface area contributed by atoms with Gasteiger partial charge in [0.15, 0.2) is 0 Å². The number of carbonyl (C=O) groups is 1. The topological polar surface area (TPSA) is 58.6 Å². The summed E-state index contributed by atoms with van der Waals surface area (Å²) >= 11 is 0. The number of hydrogen-bond donors (Lipinski definition) is 2. The zero-order chi connectivity index (χ0) is 10.0. The van der Waals surface area contributed by atoms with Crippen LogP contribution in [0.5, 0.6) is 0 Å². The minimum absolute atomic E-state index is 0.506. The van der Waals surface area contributed by atoms with E-state index in [2.05, 4.69) is 5.32 Å². The summed E-state index contributed by atoms with van der Waals surface area (Å²) in [5.74, 6) is -0.186. The van der Waals surface area contributed by atoms with Gasteiger partial charge in [-0.1, -0.05) is 0 Å². The van der Waals surface area contributed by atoms with Gasteiger partial charge in [0, 0.05) is 13.2 Å². The summed E-state index contributed by atoms with van der Waals surface area (Å²) in [6.07, 6.45) is 3.63. The van der Waals surface area contributed by atoms with E-state index in [0.717, 1.165) is 45.4 Å². The van der Waals surface area contributed by atoms with Gasteiger partial charge in [-0.2, -0.15) is 0 Å². The largest absolute Gasteiger partial charge is 0.480 e. The molecule has 0 amide bonds. The van der Waals surface area contributed by atoms with Crippen LogP contribution in [0.2, 0.25) is 0 Å². The average molecular weight is 199 g/mol. The van der Waals surface area contributed by atoms with Crippen LogP contribution in [0.3, 0.4) is 0 Å². The van der Waals surface area contributed by atoms with Crippen molar-refractivity contribution >= 4 is 5.97 Å². The molecule has 2 fully saturated rings. The highest BCUT2D eigenvalue weighted by atomic mass is 16.5. The maximum atomic E-state index is 11.0. The van der Waals surface area contributed by atoms with Gasteiger partial charge in [-0.3, -0.25) is 4.79 Å². The van der Waals surface area contributed by atoms with Gasteiger partial charge in [-0.25, -0.2) is 0 Å². The highest BCUT2D eigenvalue weighted by Crippen LogP contribution is 2.32. The second-order valence-corrected chi connectivity index (χ2v) is 4.35. The van der Waals surface area contributed by atoms with Crippen molar-refractivity contribution in [1.82, 2.24) is 5.32 Å². The standard InChI is InChI=1S/C10H17NO3/c12-9(13)10(3-1-4-10)11-6-8-2-5-14-7-8/h8,11H,1-7H2,(H,12,13). The fraction of sp³-hybridized carbons (Fsp3) is 0.900. The second kappa shape index (κ2) is 3.87. The molecular weight excluding hydrogens is 182 g/mol. The zero-order valence-electron chi connectivity index (χ0n) is 8.29. The third-order valence-electron chi connectivity index (χ3n) is 3.37. The van der Waals surface area contributed by atoms with Gasteiger partial charge < -0.3 is 15.2 Å². The third-order valence-corrected chi connectivity index (χ3v) is 3.37. The number of carboxylic acids is 1. The molecule has 1 unspecified atom stereocenters. The Bertz CT molecular complexity index is 219. The number of rotatable bonds is 4. The van der Waals surface area contributed by atoms with E-state index in [-0.39, 0.29) is 0 Å². The SMILES string of the molecule is O=C(O)C1(NCC2CCOC2)CCC1. The van der Waals surface area contributed by atoms with Crippen molar-refractivity contribution in [3.05, 3.63) is 0 Å². The fourth-order valence-electron chi connectivity index (χ4n) is 2.08. The van der Waals surface area contributed by atoms with Crippen molar-refractivity contribution in [2.75, 3.05) is 19.8 Å². The molecule has 80 valence electrons. The first-order chi connectivity index (χ1) is 6.73. The summed E-state index contributed by atoms with van der Waals surface area (Å²) in [5.41, 5.74) is -0.609. The number of aliphatic carboxylic acids is 1. The van der Waals surface area contributed by atoms with Crippen LogP contribution in [0.15, 0.2) is 0 Å². The fourth-order valence-corrected chi connectivity index (χ4v) is 2.08. The summed E-state index contributed by atoms with van der Waals surface area (Å²) in [4.78, 5) is 11.0. The Hall–Kier alpha value is -0.610. The molecule has 0 bridgehead atoms. The summed E-state index contributed by atoms with van der Waals surface area (Å²) < 4.78 is 5.25. The second-order valence-electron chi connectivity index (χ2n) is 4.35. The minimum atomic E-state index is -0.692. The molecule has 0 aromatic heterocycles. The molecule has 0 spiro atoms. The van der Waals surface area contributed by atoms with Gasteiger partial charge in [-0.15, -0.1) is 0 Å². The Balaban J connectivity index is 1.80. The number of ether oxygens (including phenoxy) is 1. The van der Waals surface area contributed by atoms with Crippen molar-refractivity contribution in [3.63, 3.8) is 0 Å². The average Bonchev–Trinajstić information content (AvgIpc) is 2.53. The lowest BCUT2D eigenvalue weighted by molar-refractivity contribution is -0.148. The third kappa shape index (κ3) is 1.77. The van der Waals surface area contributed by atoms with Gasteiger partial charge >= 0.3 is 5.97 Å². The molecule has 1 saturated carbocycles. The van der Waals surface area contributed by atoms with Crippen LogP contribution in [0.1, 0.15) is 25.7 Å². The van der Waals surface area contributed by atoms with Crippen molar-refractivity contribution in [2.45, 2.75) is 31.2 Å². The molecule has 0 aromatic carbocycles. The normalized spacial score (nSPS) is 29.9. The van der Waals surface area contributed by atoms with Crippen LogP contribution in [-0.2, 0) is 9.53 Å². The van der Waals surface area contributed by atoms with Crippen molar-refractivity contribution in [1.29, 1.82) is 0 Å². The number of carboxylic acid groups (broad SMARTS) is 1. The molecule has 0 radical (unpaired) electrons. The minimum Gasteiger partial charge on any atom is -0.480 e. The maximum Gasteiger partial charge on any atom is 0.323 e. The quantitative estimate of drug-likeness (QED) is 0.697. The van der Waals surface area contributed by atoms with E-state index in [1.807, 2.05) is 0 Å². The summed E-state index contributed by atoms with van der Waals surface area (Å²) in [7, 11) is 0. The summed E-state index contributed by atoms with van der Waals surface area (Å²) in [6.45, 7) is 2.39. The molecule has 0 aromatic rings. The van der Waals surface area contributed by atoms with Crippen molar-refractivity contribution in [2.24, 2.45) is 5.92 Å². The Morgan fingerprint density at radius 3 is 2.79 bits per heavy atom. The zero-order valence-corrected chi connectivity index (χ0v) is 8.29. The highest BCUT2D eigenvalue weighted by molar-refractivity contribution is 5.79. The monoisotopic (exact) mass is 199 g/mol. The van der Waals surface area contributed by atoms with E-state index in [1.165, 1.54) is 0 Å². The van der Waals surface area contributed by atoms with Crippen molar-refractivity contribution in [3.8, 4) is 0 Å². The van der Waals surface area contributed by atoms with Crippen LogP contribution in [0.4, 0.5) is 0 Å². The van der Waals surface area contributed by atoms with E-state index < -0.39 is 11.5 Å². The molecule has 2 rings (SSSR count). The van der Waals surface area contributed by atoms with Gasteiger partial charge in [0.1, 0.15) is 5.54 Å². The van der Waals surface area contributed by atoms with E-state index in [4.69, 9.17) is 9.84 Å². The van der Waals surface area contributed by atoms with E-state index in [9.17, 15) is 4.79 Å². The molecule has 1 atom stereocenters. The molecule has 2 N–H and O–H groups in total. The summed E-state index contributed by atoms with van der Waals surface area (Å²) in [5, 5.41) is 12.3. The number of hydrogen-bond acceptors (Lipinski definition) is 3. The van der Waals surface area contributed by atoms with Crippen LogP contribution in [0.25, 0.3) is 0 Å². The Morgan fingerprint density at radius 1 is 1.57 bits per heavy atom. The van der Waals surface area contributed by atoms with Gasteiger partial charge in [0.2, 0.25) is 0 Å². The lowest BCUT2D eigenvalue weighted by Crippen LogP contribution is -2.58. The predicted molar refractivity (Wildman–Crippen MR) is 51.1 cm³/mol. The molecule has 1 heterocycles. The Kier molecular flexibility index (Phi) is 2.74. The molecule has 1 aliphatic heterocycles. The van der Waals surface area contributed by atoms with Crippen LogP contribution >= 0.6 is 0 Å². The lowest BCUT2D eigenvalue weighted by atomic mass is 9.76. The molecule has 4 heteroatoms. The summed E-state index contributed by atoms with van der Waals surface area (Å²) in [6, 6.07) is 0. The molecule has 1 saturated heterocycles. The molecule has 14 heavy (non-hydrogen) atoms. The van der Waals surface area contributed by atoms with E-state index >= 15 is 0 Å². The smallest absolute Gasteiger partial charge is 0.323 e. The van der Waals surface area contributed by atoms with Crippen LogP contribution < -0.4 is 5.32 Å². The van der Waals surface area contributed by atoms with Crippen LogP contribution in [0, 0.1) is 5.92 Å². The Morgan fingerprint density at radius 2 is 2.36 bits per heavy atom. The highest BCUT2D eigenvalue weighted by Gasteiger charge is 2.44. The molecule has 2 aliphatic rings. The lowest BCUT2D eigenvalue weighted by Gasteiger charge is -2.39. The Labute approximate surface area is 83.6 Å². The van der Waals surface area contributed by atoms with E-state index in [0.29, 0.717) is 5.92 Å². The van der Waals surface area contributed by atoms with E-state index in [1.54, 1.807) is 0 Å². The number of nitrogens with one attached hydrogen (secondary N) is 1. The van der Waals surface area contributed by atoms with Gasteiger partial charge in [0.25, 0.3) is 0 Å². The molecule has 4 nitrogen and oxygen atoms in total. The predicted octanol–water partition coefficient (Wildman–Crippen LogP) is 0.620. The first-order valence-electron chi connectivity index (χ1n) is 5.29.